The summed E-state index contributed by atoms with van der Waals surface area (Å²) in [6.07, 6.45) is -4.60. The van der Waals surface area contributed by atoms with E-state index in [1.54, 1.807) is 12.1 Å². The predicted octanol–water partition coefficient (Wildman–Crippen LogP) is 4.24. The van der Waals surface area contributed by atoms with Crippen molar-refractivity contribution in [1.29, 1.82) is 0 Å². The third-order valence-electron chi connectivity index (χ3n) is 1.35. The maximum absolute atomic E-state index is 11.8. The molecule has 0 fully saturated rings. The van der Waals surface area contributed by atoms with Gasteiger partial charge in [-0.25, -0.2) is 0 Å². The van der Waals surface area contributed by atoms with E-state index in [0.717, 1.165) is 3.57 Å². The molecule has 0 unspecified atom stereocenters. The maximum atomic E-state index is 11.8. The van der Waals surface area contributed by atoms with Gasteiger partial charge in [0.1, 0.15) is 0 Å². The van der Waals surface area contributed by atoms with Gasteiger partial charge in [0, 0.05) is 0 Å². The first kappa shape index (κ1) is 12.3. The molecule has 0 aliphatic carbocycles. The summed E-state index contributed by atoms with van der Waals surface area (Å²) in [5.41, 5.74) is 0. The zero-order chi connectivity index (χ0) is 10.8. The van der Waals surface area contributed by atoms with Crippen LogP contribution in [0.4, 0.5) is 13.2 Å². The quantitative estimate of drug-likeness (QED) is 0.504. The van der Waals surface area contributed by atoms with E-state index >= 15 is 0 Å². The second-order valence-electron chi connectivity index (χ2n) is 2.40. The van der Waals surface area contributed by atoms with Gasteiger partial charge in [-0.3, -0.25) is 0 Å². The molecular weight excluding hydrogens is 423 g/mol. The minimum absolute atomic E-state index is 0.157. The molecule has 0 aliphatic heterocycles. The molecule has 14 heavy (non-hydrogen) atoms. The topological polar surface area (TPSA) is 9.23 Å². The normalized spacial score (nSPS) is 12.5. The van der Waals surface area contributed by atoms with Crippen molar-refractivity contribution in [2.45, 2.75) is 6.36 Å². The second-order valence-corrected chi connectivity index (χ2v) is 14.2. The van der Waals surface area contributed by atoms with E-state index in [0.29, 0.717) is 0 Å². The van der Waals surface area contributed by atoms with Gasteiger partial charge in [0.15, 0.2) is 0 Å². The van der Waals surface area contributed by atoms with Crippen molar-refractivity contribution in [3.8, 4) is 5.75 Å². The van der Waals surface area contributed by atoms with Crippen LogP contribution in [0, 0.1) is 3.57 Å². The van der Waals surface area contributed by atoms with E-state index in [9.17, 15) is 13.2 Å². The van der Waals surface area contributed by atoms with Crippen molar-refractivity contribution in [2.24, 2.45) is 0 Å². The third kappa shape index (κ3) is 4.20. The van der Waals surface area contributed by atoms with E-state index in [1.165, 1.54) is 12.1 Å². The Balaban J connectivity index is 2.74. The van der Waals surface area contributed by atoms with Crippen molar-refractivity contribution < 1.29 is 17.9 Å². The Morgan fingerprint density at radius 1 is 1.21 bits per heavy atom. The number of alkyl halides is 4. The van der Waals surface area contributed by atoms with E-state index in [-0.39, 0.29) is 5.75 Å². The summed E-state index contributed by atoms with van der Waals surface area (Å²) in [6, 6.07) is 6.10. The minimum atomic E-state index is -4.60. The van der Waals surface area contributed by atoms with Crippen molar-refractivity contribution in [3.63, 3.8) is 0 Å². The first-order valence-corrected chi connectivity index (χ1v) is 13.0. The van der Waals surface area contributed by atoms with E-state index < -0.39 is 22.2 Å². The van der Waals surface area contributed by atoms with Crippen LogP contribution in [0.15, 0.2) is 24.3 Å². The number of hydrogen-bond donors (Lipinski definition) is 0. The van der Waals surface area contributed by atoms with Crippen LogP contribution in [-0.4, -0.2) is 11.3 Å². The van der Waals surface area contributed by atoms with Gasteiger partial charge in [0.25, 0.3) is 0 Å². The molecule has 0 aromatic heterocycles. The Labute approximate surface area is 96.6 Å². The molecule has 1 aromatic carbocycles. The van der Waals surface area contributed by atoms with Crippen LogP contribution < -0.4 is 4.74 Å². The van der Waals surface area contributed by atoms with E-state index in [2.05, 4.69) is 28.3 Å². The van der Waals surface area contributed by atoms with Crippen molar-refractivity contribution in [1.82, 2.24) is 0 Å². The summed E-state index contributed by atoms with van der Waals surface area (Å²) >= 11 is 1.21. The molecule has 1 rings (SSSR count). The molecule has 0 spiro atoms. The molecule has 0 saturated heterocycles. The van der Waals surface area contributed by atoms with Gasteiger partial charge in [-0.2, -0.15) is 0 Å². The summed E-state index contributed by atoms with van der Waals surface area (Å²) in [6.45, 7) is 0. The summed E-state index contributed by atoms with van der Waals surface area (Å²) in [5, 5.41) is 0. The van der Waals surface area contributed by atoms with Crippen LogP contribution >= 0.6 is 34.5 Å². The molecule has 0 amide bonds. The first-order chi connectivity index (χ1) is 6.38. The van der Waals surface area contributed by atoms with Crippen LogP contribution in [0.3, 0.4) is 0 Å². The molecule has 0 saturated carbocycles. The van der Waals surface area contributed by atoms with Gasteiger partial charge in [-0.15, -0.1) is 0 Å². The average molecular weight is 430 g/mol. The monoisotopic (exact) mass is 430 g/mol. The number of rotatable bonds is 2. The van der Waals surface area contributed by atoms with Crippen LogP contribution in [0.5, 0.6) is 5.75 Å². The summed E-state index contributed by atoms with van der Waals surface area (Å²) in [4.78, 5) is 2.12. The zero-order valence-corrected chi connectivity index (χ0v) is 11.4. The summed E-state index contributed by atoms with van der Waals surface area (Å²) in [7, 11) is 0. The Hall–Kier alpha value is 0.270. The SMILES string of the molecule is CI(I)c1ccc(OC(F)(F)F)cc1. The molecule has 80 valence electrons. The van der Waals surface area contributed by atoms with Crippen molar-refractivity contribution >= 4 is 34.5 Å². The second kappa shape index (κ2) is 4.86. The Kier molecular flexibility index (Phi) is 4.29. The molecule has 1 nitrogen and oxygen atoms in total. The Morgan fingerprint density at radius 3 is 2.07 bits per heavy atom. The molecule has 0 bridgehead atoms. The molecule has 0 radical (unpaired) electrons. The van der Waals surface area contributed by atoms with Gasteiger partial charge in [-0.05, 0) is 0 Å². The van der Waals surface area contributed by atoms with E-state index in [1.807, 2.05) is 0 Å². The number of halogens is 5. The number of ether oxygens (including phenoxy) is 1. The first-order valence-electron chi connectivity index (χ1n) is 3.51. The van der Waals surface area contributed by atoms with Gasteiger partial charge >= 0.3 is 97.2 Å². The molecule has 6 heteroatoms. The van der Waals surface area contributed by atoms with Crippen molar-refractivity contribution in [3.05, 3.63) is 27.8 Å². The van der Waals surface area contributed by atoms with Gasteiger partial charge in [0.05, 0.1) is 0 Å². The fourth-order valence-electron chi connectivity index (χ4n) is 0.810. The number of benzene rings is 1. The van der Waals surface area contributed by atoms with Gasteiger partial charge in [-0.1, -0.05) is 0 Å². The number of hydrogen-bond acceptors (Lipinski definition) is 1. The Morgan fingerprint density at radius 2 is 1.71 bits per heavy atom. The Bertz CT molecular complexity index is 294. The average Bonchev–Trinajstić information content (AvgIpc) is 2.02. The predicted molar refractivity (Wildman–Crippen MR) is 65.8 cm³/mol. The zero-order valence-electron chi connectivity index (χ0n) is 7.11. The molecule has 0 aliphatic rings. The van der Waals surface area contributed by atoms with Crippen LogP contribution in [-0.2, 0) is 0 Å². The van der Waals surface area contributed by atoms with E-state index in [4.69, 9.17) is 0 Å². The molecule has 1 aromatic rings. The molecule has 0 atom stereocenters. The fourth-order valence-corrected chi connectivity index (χ4v) is 3.98. The van der Waals surface area contributed by atoms with Crippen LogP contribution in [0.25, 0.3) is 0 Å². The molecule has 0 heterocycles. The third-order valence-corrected chi connectivity index (χ3v) is 6.94. The van der Waals surface area contributed by atoms with Gasteiger partial charge < -0.3 is 0 Å². The van der Waals surface area contributed by atoms with Gasteiger partial charge in [0.2, 0.25) is 0 Å². The summed E-state index contributed by atoms with van der Waals surface area (Å²) < 4.78 is 40.2. The standard InChI is InChI=1S/C8H7F3I2O/c1-13(12)6-2-4-7(5-3-6)14-8(9,10)11/h2-5H,1H3. The molecular formula is C8H7F3I2O. The van der Waals surface area contributed by atoms with Crippen LogP contribution in [0.1, 0.15) is 0 Å². The molecule has 0 N–H and O–H groups in total. The van der Waals surface area contributed by atoms with Crippen LogP contribution in [0.2, 0.25) is 0 Å². The summed E-state index contributed by atoms with van der Waals surface area (Å²) in [5.74, 6) is -0.157. The fraction of sp³-hybridized carbons (Fsp3) is 0.250. The van der Waals surface area contributed by atoms with Crippen molar-refractivity contribution in [2.75, 3.05) is 4.93 Å².